The molecule has 0 aliphatic carbocycles. The van der Waals surface area contributed by atoms with Gasteiger partial charge in [0.05, 0.1) is 18.9 Å². The van der Waals surface area contributed by atoms with E-state index in [1.807, 2.05) is 0 Å². The molecule has 0 saturated carbocycles. The van der Waals surface area contributed by atoms with Gasteiger partial charge in [0, 0.05) is 25.0 Å². The largest absolute Gasteiger partial charge is 0.324 e. The minimum Gasteiger partial charge on any atom is -0.324 e. The molecular weight excluding hydrogens is 264 g/mol. The van der Waals surface area contributed by atoms with Crippen LogP contribution in [0.4, 0.5) is 8.78 Å². The summed E-state index contributed by atoms with van der Waals surface area (Å²) in [6.07, 6.45) is 5.60. The van der Waals surface area contributed by atoms with Crippen LogP contribution >= 0.6 is 0 Å². The highest BCUT2D eigenvalue weighted by molar-refractivity contribution is 5.85. The van der Waals surface area contributed by atoms with E-state index in [0.29, 0.717) is 25.2 Å². The maximum absolute atomic E-state index is 13.2. The molecule has 1 fully saturated rings. The number of hydrogen-bond acceptors (Lipinski definition) is 2. The Hall–Kier alpha value is -2.24. The van der Waals surface area contributed by atoms with Gasteiger partial charge in [0.2, 0.25) is 5.91 Å². The average Bonchev–Trinajstić information content (AvgIpc) is 3.00. The van der Waals surface area contributed by atoms with E-state index in [4.69, 9.17) is 0 Å². The SMILES string of the molecule is O=C1C(c2cc(F)cc(F)c2)CCN1Cn1ccnc1. The zero-order valence-electron chi connectivity index (χ0n) is 10.7. The van der Waals surface area contributed by atoms with E-state index in [0.717, 1.165) is 6.07 Å². The van der Waals surface area contributed by atoms with Gasteiger partial charge in [0.25, 0.3) is 0 Å². The summed E-state index contributed by atoms with van der Waals surface area (Å²) in [5.41, 5.74) is 0.403. The number of rotatable bonds is 3. The highest BCUT2D eigenvalue weighted by Gasteiger charge is 2.33. The third-order valence-electron chi connectivity index (χ3n) is 3.48. The summed E-state index contributed by atoms with van der Waals surface area (Å²) in [5.74, 6) is -1.88. The van der Waals surface area contributed by atoms with E-state index in [-0.39, 0.29) is 5.91 Å². The molecule has 2 aromatic rings. The van der Waals surface area contributed by atoms with Gasteiger partial charge in [-0.1, -0.05) is 0 Å². The van der Waals surface area contributed by atoms with Crippen molar-refractivity contribution >= 4 is 5.91 Å². The van der Waals surface area contributed by atoms with Gasteiger partial charge >= 0.3 is 0 Å². The van der Waals surface area contributed by atoms with Crippen LogP contribution in [0.15, 0.2) is 36.9 Å². The van der Waals surface area contributed by atoms with Crippen LogP contribution in [0.1, 0.15) is 17.9 Å². The first-order chi connectivity index (χ1) is 9.63. The number of amides is 1. The Morgan fingerprint density at radius 2 is 2.00 bits per heavy atom. The maximum atomic E-state index is 13.2. The van der Waals surface area contributed by atoms with Gasteiger partial charge in [-0.25, -0.2) is 13.8 Å². The number of carbonyl (C=O) groups excluding carboxylic acids is 1. The van der Waals surface area contributed by atoms with Crippen LogP contribution in [-0.4, -0.2) is 26.9 Å². The second-order valence-electron chi connectivity index (χ2n) is 4.86. The Bertz CT molecular complexity index is 607. The molecule has 2 heterocycles. The van der Waals surface area contributed by atoms with Crippen molar-refractivity contribution in [2.24, 2.45) is 0 Å². The molecule has 0 N–H and O–H groups in total. The second-order valence-corrected chi connectivity index (χ2v) is 4.86. The molecule has 1 aromatic heterocycles. The van der Waals surface area contributed by atoms with Gasteiger partial charge in [0.1, 0.15) is 11.6 Å². The summed E-state index contributed by atoms with van der Waals surface area (Å²) in [6.45, 7) is 0.979. The molecule has 1 aromatic carbocycles. The highest BCUT2D eigenvalue weighted by atomic mass is 19.1. The van der Waals surface area contributed by atoms with E-state index in [1.54, 1.807) is 28.2 Å². The van der Waals surface area contributed by atoms with Crippen molar-refractivity contribution in [1.82, 2.24) is 14.5 Å². The van der Waals surface area contributed by atoms with Gasteiger partial charge < -0.3 is 9.47 Å². The number of hydrogen-bond donors (Lipinski definition) is 0. The van der Waals surface area contributed by atoms with Gasteiger partial charge in [-0.3, -0.25) is 4.79 Å². The Kier molecular flexibility index (Phi) is 3.22. The molecule has 1 aliphatic rings. The monoisotopic (exact) mass is 277 g/mol. The first-order valence-corrected chi connectivity index (χ1v) is 6.34. The van der Waals surface area contributed by atoms with Crippen LogP contribution in [-0.2, 0) is 11.5 Å². The smallest absolute Gasteiger partial charge is 0.231 e. The summed E-state index contributed by atoms with van der Waals surface area (Å²) in [4.78, 5) is 17.9. The summed E-state index contributed by atoms with van der Waals surface area (Å²) in [7, 11) is 0. The van der Waals surface area contributed by atoms with Gasteiger partial charge in [-0.2, -0.15) is 0 Å². The zero-order chi connectivity index (χ0) is 14.1. The maximum Gasteiger partial charge on any atom is 0.231 e. The van der Waals surface area contributed by atoms with Crippen LogP contribution in [0.25, 0.3) is 0 Å². The molecule has 0 spiro atoms. The van der Waals surface area contributed by atoms with Crippen molar-refractivity contribution in [2.75, 3.05) is 6.54 Å². The molecule has 1 amide bonds. The van der Waals surface area contributed by atoms with E-state index >= 15 is 0 Å². The van der Waals surface area contributed by atoms with Crippen molar-refractivity contribution < 1.29 is 13.6 Å². The summed E-state index contributed by atoms with van der Waals surface area (Å²) >= 11 is 0. The fraction of sp³-hybridized carbons (Fsp3) is 0.286. The number of halogens is 2. The van der Waals surface area contributed by atoms with E-state index in [1.165, 1.54) is 12.1 Å². The third-order valence-corrected chi connectivity index (χ3v) is 3.48. The number of likely N-dealkylation sites (tertiary alicyclic amines) is 1. The number of nitrogens with zero attached hydrogens (tertiary/aromatic N) is 3. The Morgan fingerprint density at radius 1 is 1.25 bits per heavy atom. The van der Waals surface area contributed by atoms with Crippen LogP contribution in [0.2, 0.25) is 0 Å². The molecule has 104 valence electrons. The van der Waals surface area contributed by atoms with Gasteiger partial charge in [0.15, 0.2) is 0 Å². The summed E-state index contributed by atoms with van der Waals surface area (Å²) in [5, 5.41) is 0. The van der Waals surface area contributed by atoms with E-state index in [9.17, 15) is 13.6 Å². The van der Waals surface area contributed by atoms with Crippen molar-refractivity contribution in [2.45, 2.75) is 19.0 Å². The van der Waals surface area contributed by atoms with Crippen LogP contribution in [0.3, 0.4) is 0 Å². The number of benzene rings is 1. The minimum absolute atomic E-state index is 0.108. The Morgan fingerprint density at radius 3 is 2.65 bits per heavy atom. The molecular formula is C14H13F2N3O. The first kappa shape index (κ1) is 12.8. The molecule has 1 atom stereocenters. The standard InChI is InChI=1S/C14H13F2N3O/c15-11-5-10(6-12(16)7-11)13-1-3-19(14(13)20)9-18-4-2-17-8-18/h2,4-8,13H,1,3,9H2. The third kappa shape index (κ3) is 2.41. The average molecular weight is 277 g/mol. The van der Waals surface area contributed by atoms with Crippen molar-refractivity contribution in [3.8, 4) is 0 Å². The zero-order valence-corrected chi connectivity index (χ0v) is 10.7. The predicted octanol–water partition coefficient (Wildman–Crippen LogP) is 2.13. The molecule has 1 saturated heterocycles. The van der Waals surface area contributed by atoms with Crippen LogP contribution in [0, 0.1) is 11.6 Å². The normalized spacial score (nSPS) is 18.8. The second kappa shape index (κ2) is 5.03. The van der Waals surface area contributed by atoms with Crippen molar-refractivity contribution in [1.29, 1.82) is 0 Å². The fourth-order valence-electron chi connectivity index (χ4n) is 2.53. The fourth-order valence-corrected chi connectivity index (χ4v) is 2.53. The lowest BCUT2D eigenvalue weighted by atomic mass is 9.97. The van der Waals surface area contributed by atoms with Crippen molar-refractivity contribution in [3.63, 3.8) is 0 Å². The highest BCUT2D eigenvalue weighted by Crippen LogP contribution is 2.29. The lowest BCUT2D eigenvalue weighted by molar-refractivity contribution is -0.130. The van der Waals surface area contributed by atoms with Gasteiger partial charge in [-0.05, 0) is 24.1 Å². The number of aromatic nitrogens is 2. The summed E-state index contributed by atoms with van der Waals surface area (Å²) < 4.78 is 28.3. The van der Waals surface area contributed by atoms with E-state index in [2.05, 4.69) is 4.98 Å². The lowest BCUT2D eigenvalue weighted by Gasteiger charge is -2.17. The molecule has 4 nitrogen and oxygen atoms in total. The predicted molar refractivity (Wildman–Crippen MR) is 67.7 cm³/mol. The minimum atomic E-state index is -0.652. The lowest BCUT2D eigenvalue weighted by Crippen LogP contribution is -2.28. The Labute approximate surface area is 114 Å². The van der Waals surface area contributed by atoms with Crippen LogP contribution < -0.4 is 0 Å². The Balaban J connectivity index is 1.78. The first-order valence-electron chi connectivity index (χ1n) is 6.34. The summed E-state index contributed by atoms with van der Waals surface area (Å²) in [6, 6.07) is 3.27. The molecule has 0 radical (unpaired) electrons. The van der Waals surface area contributed by atoms with E-state index < -0.39 is 17.6 Å². The number of carbonyl (C=O) groups is 1. The van der Waals surface area contributed by atoms with Crippen LogP contribution in [0.5, 0.6) is 0 Å². The molecule has 0 bridgehead atoms. The molecule has 3 rings (SSSR count). The van der Waals surface area contributed by atoms with Gasteiger partial charge in [-0.15, -0.1) is 0 Å². The topological polar surface area (TPSA) is 38.1 Å². The molecule has 1 aliphatic heterocycles. The molecule has 6 heteroatoms. The molecule has 20 heavy (non-hydrogen) atoms. The molecule has 1 unspecified atom stereocenters. The quantitative estimate of drug-likeness (QED) is 0.862. The number of imidazole rings is 1. The van der Waals surface area contributed by atoms with Crippen molar-refractivity contribution in [3.05, 3.63) is 54.1 Å².